The van der Waals surface area contributed by atoms with E-state index in [2.05, 4.69) is 24.1 Å². The summed E-state index contributed by atoms with van der Waals surface area (Å²) in [7, 11) is 2.08. The normalized spacial score (nSPS) is 17.8. The summed E-state index contributed by atoms with van der Waals surface area (Å²) >= 11 is 0. The van der Waals surface area contributed by atoms with Gasteiger partial charge in [-0.05, 0) is 48.0 Å². The van der Waals surface area contributed by atoms with E-state index in [1.165, 1.54) is 17.2 Å². The second kappa shape index (κ2) is 7.11. The van der Waals surface area contributed by atoms with Gasteiger partial charge >= 0.3 is 0 Å². The Morgan fingerprint density at radius 1 is 1.26 bits per heavy atom. The van der Waals surface area contributed by atoms with E-state index in [0.29, 0.717) is 13.0 Å². The molecule has 3 rings (SSSR count). The molecule has 1 aliphatic heterocycles. The Balaban J connectivity index is 1.89. The Kier molecular flexibility index (Phi) is 4.94. The smallest absolute Gasteiger partial charge is 0.123 e. The van der Waals surface area contributed by atoms with E-state index in [0.717, 1.165) is 24.4 Å². The summed E-state index contributed by atoms with van der Waals surface area (Å²) in [5.74, 6) is 0.803. The van der Waals surface area contributed by atoms with Gasteiger partial charge in [-0.25, -0.2) is 4.39 Å². The van der Waals surface area contributed by atoms with Gasteiger partial charge in [-0.15, -0.1) is 0 Å². The third-order valence-corrected chi connectivity index (χ3v) is 4.25. The first-order valence-corrected chi connectivity index (χ1v) is 7.98. The SMILES string of the molecule is CN1Cc2cc(OCCCO)ccc2C(c2cccc(F)c2)C1. The monoisotopic (exact) mass is 315 g/mol. The molecular formula is C19H22FNO2. The molecule has 0 radical (unpaired) electrons. The molecule has 4 heteroatoms. The molecular weight excluding hydrogens is 293 g/mol. The van der Waals surface area contributed by atoms with Gasteiger partial charge in [0, 0.05) is 32.0 Å². The van der Waals surface area contributed by atoms with Crippen molar-refractivity contribution >= 4 is 0 Å². The molecule has 1 unspecified atom stereocenters. The molecule has 3 nitrogen and oxygen atoms in total. The number of aliphatic hydroxyl groups is 1. The number of nitrogens with zero attached hydrogens (tertiary/aromatic N) is 1. The molecule has 1 N–H and O–H groups in total. The van der Waals surface area contributed by atoms with Crippen LogP contribution in [0.15, 0.2) is 42.5 Å². The maximum Gasteiger partial charge on any atom is 0.123 e. The van der Waals surface area contributed by atoms with Crippen molar-refractivity contribution in [2.75, 3.05) is 26.8 Å². The molecule has 2 aromatic carbocycles. The van der Waals surface area contributed by atoms with Gasteiger partial charge in [0.15, 0.2) is 0 Å². The van der Waals surface area contributed by atoms with Crippen LogP contribution in [0, 0.1) is 5.82 Å². The van der Waals surface area contributed by atoms with Crippen LogP contribution in [0.5, 0.6) is 5.75 Å². The summed E-state index contributed by atoms with van der Waals surface area (Å²) in [5.41, 5.74) is 3.46. The largest absolute Gasteiger partial charge is 0.493 e. The van der Waals surface area contributed by atoms with Gasteiger partial charge in [-0.2, -0.15) is 0 Å². The fourth-order valence-electron chi connectivity index (χ4n) is 3.18. The lowest BCUT2D eigenvalue weighted by Gasteiger charge is -2.33. The zero-order valence-corrected chi connectivity index (χ0v) is 13.3. The first-order chi connectivity index (χ1) is 11.2. The topological polar surface area (TPSA) is 32.7 Å². The number of benzene rings is 2. The number of rotatable bonds is 5. The van der Waals surface area contributed by atoms with Crippen molar-refractivity contribution in [2.24, 2.45) is 0 Å². The van der Waals surface area contributed by atoms with Crippen molar-refractivity contribution in [3.63, 3.8) is 0 Å². The van der Waals surface area contributed by atoms with E-state index >= 15 is 0 Å². The number of hydrogen-bond donors (Lipinski definition) is 1. The Labute approximate surface area is 136 Å². The van der Waals surface area contributed by atoms with Crippen LogP contribution in [0.4, 0.5) is 4.39 Å². The molecule has 23 heavy (non-hydrogen) atoms. The summed E-state index contributed by atoms with van der Waals surface area (Å²) in [6.45, 7) is 2.38. The minimum absolute atomic E-state index is 0.134. The van der Waals surface area contributed by atoms with Crippen LogP contribution >= 0.6 is 0 Å². The van der Waals surface area contributed by atoms with Crippen molar-refractivity contribution in [3.8, 4) is 5.75 Å². The maximum atomic E-state index is 13.6. The molecule has 0 spiro atoms. The highest BCUT2D eigenvalue weighted by Gasteiger charge is 2.25. The number of fused-ring (bicyclic) bond motifs is 1. The molecule has 1 heterocycles. The molecule has 0 aliphatic carbocycles. The summed E-state index contributed by atoms with van der Waals surface area (Å²) in [5, 5.41) is 8.84. The predicted octanol–water partition coefficient (Wildman–Crippen LogP) is 3.16. The van der Waals surface area contributed by atoms with Crippen LogP contribution < -0.4 is 4.74 Å². The highest BCUT2D eigenvalue weighted by Crippen LogP contribution is 2.35. The van der Waals surface area contributed by atoms with Crippen LogP contribution in [0.2, 0.25) is 0 Å². The van der Waals surface area contributed by atoms with Crippen LogP contribution in [-0.4, -0.2) is 36.8 Å². The highest BCUT2D eigenvalue weighted by molar-refractivity contribution is 5.44. The van der Waals surface area contributed by atoms with Crippen LogP contribution in [0.1, 0.15) is 29.0 Å². The summed E-state index contributed by atoms with van der Waals surface area (Å²) < 4.78 is 19.2. The van der Waals surface area contributed by atoms with E-state index in [-0.39, 0.29) is 18.3 Å². The number of ether oxygens (including phenoxy) is 1. The minimum atomic E-state index is -0.193. The van der Waals surface area contributed by atoms with Crippen molar-refractivity contribution in [1.82, 2.24) is 4.90 Å². The second-order valence-corrected chi connectivity index (χ2v) is 6.09. The lowest BCUT2D eigenvalue weighted by atomic mass is 9.84. The molecule has 0 saturated heterocycles. The van der Waals surface area contributed by atoms with E-state index in [4.69, 9.17) is 9.84 Å². The van der Waals surface area contributed by atoms with Crippen LogP contribution in [0.25, 0.3) is 0 Å². The average Bonchev–Trinajstić information content (AvgIpc) is 2.54. The lowest BCUT2D eigenvalue weighted by molar-refractivity contribution is 0.233. The quantitative estimate of drug-likeness (QED) is 0.860. The Bertz CT molecular complexity index is 674. The molecule has 1 aliphatic rings. The van der Waals surface area contributed by atoms with Gasteiger partial charge in [0.2, 0.25) is 0 Å². The van der Waals surface area contributed by atoms with Crippen molar-refractivity contribution in [3.05, 3.63) is 65.0 Å². The summed E-state index contributed by atoms with van der Waals surface area (Å²) in [6.07, 6.45) is 0.628. The highest BCUT2D eigenvalue weighted by atomic mass is 19.1. The van der Waals surface area contributed by atoms with Gasteiger partial charge in [-0.3, -0.25) is 0 Å². The number of likely N-dealkylation sites (N-methyl/N-ethyl adjacent to an activating group) is 1. The number of aliphatic hydroxyl groups excluding tert-OH is 1. The van der Waals surface area contributed by atoms with Crippen LogP contribution in [0.3, 0.4) is 0 Å². The van der Waals surface area contributed by atoms with E-state index in [1.54, 1.807) is 12.1 Å². The minimum Gasteiger partial charge on any atom is -0.493 e. The van der Waals surface area contributed by atoms with Gasteiger partial charge in [-0.1, -0.05) is 18.2 Å². The third-order valence-electron chi connectivity index (χ3n) is 4.25. The van der Waals surface area contributed by atoms with Crippen molar-refractivity contribution in [2.45, 2.75) is 18.9 Å². The Morgan fingerprint density at radius 3 is 2.91 bits per heavy atom. The first-order valence-electron chi connectivity index (χ1n) is 7.98. The zero-order chi connectivity index (χ0) is 16.2. The number of hydrogen-bond acceptors (Lipinski definition) is 3. The number of halogens is 1. The van der Waals surface area contributed by atoms with Gasteiger partial charge < -0.3 is 14.7 Å². The summed E-state index contributed by atoms with van der Waals surface area (Å²) in [4.78, 5) is 2.25. The molecule has 0 saturated carbocycles. The summed E-state index contributed by atoms with van der Waals surface area (Å²) in [6, 6.07) is 13.0. The maximum absolute atomic E-state index is 13.6. The molecule has 0 aromatic heterocycles. The van der Waals surface area contributed by atoms with Gasteiger partial charge in [0.1, 0.15) is 11.6 Å². The van der Waals surface area contributed by atoms with E-state index < -0.39 is 0 Å². The molecule has 2 aromatic rings. The van der Waals surface area contributed by atoms with Gasteiger partial charge in [0.25, 0.3) is 0 Å². The van der Waals surface area contributed by atoms with E-state index in [1.807, 2.05) is 12.1 Å². The average molecular weight is 315 g/mol. The molecule has 0 amide bonds. The third kappa shape index (κ3) is 3.71. The standard InChI is InChI=1S/C19H22FNO2/c1-21-12-15-11-17(23-9-3-8-22)6-7-18(15)19(13-21)14-4-2-5-16(20)10-14/h2,4-7,10-11,19,22H,3,8-9,12-13H2,1H3. The zero-order valence-electron chi connectivity index (χ0n) is 13.3. The van der Waals surface area contributed by atoms with Crippen molar-refractivity contribution in [1.29, 1.82) is 0 Å². The molecule has 122 valence electrons. The van der Waals surface area contributed by atoms with E-state index in [9.17, 15) is 4.39 Å². The Morgan fingerprint density at radius 2 is 2.13 bits per heavy atom. The first kappa shape index (κ1) is 16.0. The lowest BCUT2D eigenvalue weighted by Crippen LogP contribution is -2.31. The Hall–Kier alpha value is -1.91. The molecule has 0 fully saturated rings. The van der Waals surface area contributed by atoms with Gasteiger partial charge in [0.05, 0.1) is 6.61 Å². The molecule has 0 bridgehead atoms. The second-order valence-electron chi connectivity index (χ2n) is 6.09. The van der Waals surface area contributed by atoms with Crippen LogP contribution in [-0.2, 0) is 6.54 Å². The fraction of sp³-hybridized carbons (Fsp3) is 0.368. The predicted molar refractivity (Wildman–Crippen MR) is 88.2 cm³/mol. The fourth-order valence-corrected chi connectivity index (χ4v) is 3.18. The molecule has 1 atom stereocenters. The van der Waals surface area contributed by atoms with Crippen molar-refractivity contribution < 1.29 is 14.2 Å².